The number of methoxy groups -OCH3 is 1. The number of benzene rings is 1. The predicted molar refractivity (Wildman–Crippen MR) is 118 cm³/mol. The van der Waals surface area contributed by atoms with Crippen molar-refractivity contribution in [3.63, 3.8) is 0 Å². The highest BCUT2D eigenvalue weighted by atomic mass is 32.2. The first-order valence-electron chi connectivity index (χ1n) is 11.2. The maximum absolute atomic E-state index is 13.2. The fourth-order valence-electron chi connectivity index (χ4n) is 5.30. The summed E-state index contributed by atoms with van der Waals surface area (Å²) in [6.07, 6.45) is 7.40. The van der Waals surface area contributed by atoms with Gasteiger partial charge in [-0.3, -0.25) is 0 Å². The van der Waals surface area contributed by atoms with Crippen LogP contribution in [0.2, 0.25) is 0 Å². The molecule has 0 unspecified atom stereocenters. The average molecular weight is 446 g/mol. The van der Waals surface area contributed by atoms with Crippen LogP contribution < -0.4 is 5.32 Å². The van der Waals surface area contributed by atoms with Crippen LogP contribution in [0.5, 0.6) is 0 Å². The fourth-order valence-corrected chi connectivity index (χ4v) is 6.63. The standard InChI is InChI=1S/C22H31N5O3S/c1-22(2,30-3)16-10-11-27(13-16)31(28,29)21-24-20(25-26-21)23-19-17-8-4-6-14(17)12-15-7-5-9-18(15)19/h12,16H,4-11,13H2,1-3H3,(H2,23,24,25,26)/t16-/m0/s1. The Kier molecular flexibility index (Phi) is 5.10. The molecule has 5 rings (SSSR count). The number of aromatic nitrogens is 3. The third kappa shape index (κ3) is 3.56. The second kappa shape index (κ2) is 7.56. The SMILES string of the molecule is COC(C)(C)[C@H]1CCN(S(=O)(=O)c2nc(Nc3c4c(cc5c3CCC5)CCC4)n[nH]2)C1. The number of rotatable bonds is 6. The van der Waals surface area contributed by atoms with Gasteiger partial charge in [0.15, 0.2) is 0 Å². The maximum Gasteiger partial charge on any atom is 0.278 e. The lowest BCUT2D eigenvalue weighted by atomic mass is 9.90. The van der Waals surface area contributed by atoms with Gasteiger partial charge in [-0.05, 0) is 81.0 Å². The minimum absolute atomic E-state index is 0.102. The molecule has 2 N–H and O–H groups in total. The monoisotopic (exact) mass is 445 g/mol. The first-order valence-corrected chi connectivity index (χ1v) is 12.6. The Morgan fingerprint density at radius 3 is 2.48 bits per heavy atom. The number of hydrogen-bond donors (Lipinski definition) is 2. The van der Waals surface area contributed by atoms with Crippen molar-refractivity contribution in [2.24, 2.45) is 5.92 Å². The van der Waals surface area contributed by atoms with Crippen LogP contribution in [-0.4, -0.2) is 53.7 Å². The lowest BCUT2D eigenvalue weighted by molar-refractivity contribution is -0.0226. The number of nitrogens with zero attached hydrogens (tertiary/aromatic N) is 3. The number of anilines is 2. The van der Waals surface area contributed by atoms with E-state index in [1.807, 2.05) is 13.8 Å². The van der Waals surface area contributed by atoms with E-state index < -0.39 is 10.0 Å². The molecule has 31 heavy (non-hydrogen) atoms. The Hall–Kier alpha value is -1.97. The molecule has 3 aliphatic rings. The van der Waals surface area contributed by atoms with E-state index in [9.17, 15) is 8.42 Å². The van der Waals surface area contributed by atoms with Gasteiger partial charge < -0.3 is 10.1 Å². The van der Waals surface area contributed by atoms with Gasteiger partial charge in [0.25, 0.3) is 15.2 Å². The number of ether oxygens (including phenoxy) is 1. The van der Waals surface area contributed by atoms with Crippen molar-refractivity contribution in [1.29, 1.82) is 0 Å². The summed E-state index contributed by atoms with van der Waals surface area (Å²) >= 11 is 0. The lowest BCUT2D eigenvalue weighted by Crippen LogP contribution is -2.37. The molecule has 0 bridgehead atoms. The van der Waals surface area contributed by atoms with Gasteiger partial charge >= 0.3 is 0 Å². The van der Waals surface area contributed by atoms with Gasteiger partial charge in [-0.1, -0.05) is 6.07 Å². The van der Waals surface area contributed by atoms with Crippen molar-refractivity contribution in [3.05, 3.63) is 28.3 Å². The van der Waals surface area contributed by atoms with E-state index in [1.165, 1.54) is 26.6 Å². The average Bonchev–Trinajstić information content (AvgIpc) is 3.53. The molecule has 1 atom stereocenters. The van der Waals surface area contributed by atoms with Crippen molar-refractivity contribution in [3.8, 4) is 0 Å². The highest BCUT2D eigenvalue weighted by Gasteiger charge is 2.41. The van der Waals surface area contributed by atoms with Crippen LogP contribution in [0, 0.1) is 5.92 Å². The van der Waals surface area contributed by atoms with Gasteiger partial charge in [-0.25, -0.2) is 13.5 Å². The van der Waals surface area contributed by atoms with Crippen LogP contribution in [0.15, 0.2) is 11.2 Å². The second-order valence-electron chi connectivity index (χ2n) is 9.48. The van der Waals surface area contributed by atoms with Gasteiger partial charge in [0.2, 0.25) is 5.95 Å². The minimum atomic E-state index is -3.73. The van der Waals surface area contributed by atoms with Crippen molar-refractivity contribution in [2.45, 2.75) is 69.6 Å². The van der Waals surface area contributed by atoms with E-state index in [0.29, 0.717) is 19.0 Å². The third-order valence-electron chi connectivity index (χ3n) is 7.42. The van der Waals surface area contributed by atoms with Gasteiger partial charge in [-0.2, -0.15) is 9.29 Å². The molecule has 9 heteroatoms. The zero-order chi connectivity index (χ0) is 21.8. The number of nitrogens with one attached hydrogen (secondary N) is 2. The summed E-state index contributed by atoms with van der Waals surface area (Å²) in [5, 5.41) is 10.1. The highest BCUT2D eigenvalue weighted by Crippen LogP contribution is 2.39. The minimum Gasteiger partial charge on any atom is -0.378 e. The van der Waals surface area contributed by atoms with Gasteiger partial charge in [0.1, 0.15) is 0 Å². The molecule has 1 aromatic heterocycles. The predicted octanol–water partition coefficient (Wildman–Crippen LogP) is 2.96. The molecule has 0 spiro atoms. The first kappa shape index (κ1) is 20.9. The van der Waals surface area contributed by atoms with Crippen LogP contribution in [0.1, 0.15) is 55.4 Å². The van der Waals surface area contributed by atoms with Crippen molar-refractivity contribution in [1.82, 2.24) is 19.5 Å². The van der Waals surface area contributed by atoms with Crippen molar-refractivity contribution in [2.75, 3.05) is 25.5 Å². The molecule has 1 aromatic carbocycles. The molecule has 1 saturated heterocycles. The van der Waals surface area contributed by atoms with Crippen molar-refractivity contribution < 1.29 is 13.2 Å². The number of fused-ring (bicyclic) bond motifs is 2. The third-order valence-corrected chi connectivity index (χ3v) is 9.10. The van der Waals surface area contributed by atoms with Crippen LogP contribution in [-0.2, 0) is 40.4 Å². The van der Waals surface area contributed by atoms with E-state index in [-0.39, 0.29) is 16.7 Å². The molecule has 2 aliphatic carbocycles. The molecule has 1 aliphatic heterocycles. The van der Waals surface area contributed by atoms with Crippen molar-refractivity contribution >= 4 is 21.7 Å². The van der Waals surface area contributed by atoms with E-state index in [1.54, 1.807) is 7.11 Å². The molecule has 2 heterocycles. The van der Waals surface area contributed by atoms with Gasteiger partial charge in [-0.15, -0.1) is 5.10 Å². The molecule has 168 valence electrons. The normalized spacial score (nSPS) is 21.5. The number of sulfonamides is 1. The Morgan fingerprint density at radius 1 is 1.16 bits per heavy atom. The zero-order valence-electron chi connectivity index (χ0n) is 18.5. The quantitative estimate of drug-likeness (QED) is 0.709. The van der Waals surface area contributed by atoms with Crippen LogP contribution in [0.25, 0.3) is 0 Å². The molecule has 8 nitrogen and oxygen atoms in total. The number of aryl methyl sites for hydroxylation is 2. The summed E-state index contributed by atoms with van der Waals surface area (Å²) < 4.78 is 33.4. The molecule has 0 saturated carbocycles. The van der Waals surface area contributed by atoms with E-state index in [2.05, 4.69) is 26.6 Å². The molecule has 2 aromatic rings. The first-order chi connectivity index (χ1) is 14.8. The topological polar surface area (TPSA) is 100 Å². The molecule has 0 amide bonds. The number of aromatic amines is 1. The lowest BCUT2D eigenvalue weighted by Gasteiger charge is -2.29. The Bertz CT molecular complexity index is 1080. The maximum atomic E-state index is 13.2. The van der Waals surface area contributed by atoms with E-state index >= 15 is 0 Å². The van der Waals surface area contributed by atoms with Crippen LogP contribution >= 0.6 is 0 Å². The summed E-state index contributed by atoms with van der Waals surface area (Å²) in [4.78, 5) is 4.34. The van der Waals surface area contributed by atoms with Gasteiger partial charge in [0.05, 0.1) is 5.60 Å². The Labute approximate surface area is 183 Å². The Morgan fingerprint density at radius 2 is 1.84 bits per heavy atom. The summed E-state index contributed by atoms with van der Waals surface area (Å²) in [5.74, 6) is 0.461. The zero-order valence-corrected chi connectivity index (χ0v) is 19.3. The summed E-state index contributed by atoms with van der Waals surface area (Å²) in [5.41, 5.74) is 6.25. The van der Waals surface area contributed by atoms with Gasteiger partial charge in [0, 0.05) is 31.8 Å². The second-order valence-corrected chi connectivity index (χ2v) is 11.3. The molecule has 0 radical (unpaired) electrons. The van der Waals surface area contributed by atoms with E-state index in [0.717, 1.165) is 50.6 Å². The van der Waals surface area contributed by atoms with E-state index in [4.69, 9.17) is 4.74 Å². The molecule has 1 fully saturated rings. The Balaban J connectivity index is 1.38. The molecular weight excluding hydrogens is 414 g/mol. The summed E-state index contributed by atoms with van der Waals surface area (Å²) in [7, 11) is -2.06. The number of H-pyrrole nitrogens is 1. The van der Waals surface area contributed by atoms with Crippen LogP contribution in [0.3, 0.4) is 0 Å². The number of hydrogen-bond acceptors (Lipinski definition) is 6. The fraction of sp³-hybridized carbons (Fsp3) is 0.636. The largest absolute Gasteiger partial charge is 0.378 e. The molecular formula is C22H31N5O3S. The summed E-state index contributed by atoms with van der Waals surface area (Å²) in [6.45, 7) is 4.89. The summed E-state index contributed by atoms with van der Waals surface area (Å²) in [6, 6.07) is 2.37. The highest BCUT2D eigenvalue weighted by molar-refractivity contribution is 7.89. The van der Waals surface area contributed by atoms with Crippen LogP contribution in [0.4, 0.5) is 11.6 Å². The smallest absolute Gasteiger partial charge is 0.278 e.